The van der Waals surface area contributed by atoms with Crippen LogP contribution >= 0.6 is 11.8 Å². The second kappa shape index (κ2) is 7.85. The van der Waals surface area contributed by atoms with E-state index in [4.69, 9.17) is 9.84 Å². The topological polar surface area (TPSA) is 113 Å². The number of urea groups is 1. The van der Waals surface area contributed by atoms with Crippen molar-refractivity contribution >= 4 is 33.6 Å². The summed E-state index contributed by atoms with van der Waals surface area (Å²) < 4.78 is 28.7. The first-order valence-corrected chi connectivity index (χ1v) is 9.29. The highest BCUT2D eigenvalue weighted by Gasteiger charge is 2.36. The quantitative estimate of drug-likeness (QED) is 0.677. The highest BCUT2D eigenvalue weighted by atomic mass is 32.2. The van der Waals surface area contributed by atoms with Gasteiger partial charge in [-0.25, -0.2) is 18.0 Å². The highest BCUT2D eigenvalue weighted by molar-refractivity contribution is 8.01. The van der Waals surface area contributed by atoms with Crippen LogP contribution in [0, 0.1) is 0 Å². The van der Waals surface area contributed by atoms with E-state index in [-0.39, 0.29) is 12.3 Å². The van der Waals surface area contributed by atoms with Gasteiger partial charge in [-0.1, -0.05) is 6.92 Å². The van der Waals surface area contributed by atoms with Crippen molar-refractivity contribution in [3.8, 4) is 0 Å². The van der Waals surface area contributed by atoms with Gasteiger partial charge in [-0.15, -0.1) is 0 Å². The summed E-state index contributed by atoms with van der Waals surface area (Å²) in [4.78, 5) is 24.2. The van der Waals surface area contributed by atoms with Gasteiger partial charge in [0.2, 0.25) is 0 Å². The average molecular weight is 340 g/mol. The fraction of sp³-hybridized carbons (Fsp3) is 0.818. The van der Waals surface area contributed by atoms with E-state index in [9.17, 15) is 18.0 Å². The Bertz CT molecular complexity index is 481. The lowest BCUT2D eigenvalue weighted by molar-refractivity contribution is -0.148. The molecule has 2 atom stereocenters. The third kappa shape index (κ3) is 4.75. The van der Waals surface area contributed by atoms with Crippen LogP contribution in [0.25, 0.3) is 0 Å². The Morgan fingerprint density at radius 1 is 1.52 bits per heavy atom. The van der Waals surface area contributed by atoms with E-state index < -0.39 is 33.3 Å². The maximum atomic E-state index is 12.1. The molecule has 21 heavy (non-hydrogen) atoms. The predicted octanol–water partition coefficient (Wildman–Crippen LogP) is -0.395. The summed E-state index contributed by atoms with van der Waals surface area (Å²) in [6.45, 7) is 1.63. The Hall–Kier alpha value is -1.00. The zero-order valence-corrected chi connectivity index (χ0v) is 13.6. The number of nitrogens with one attached hydrogen (secondary N) is 1. The van der Waals surface area contributed by atoms with Crippen molar-refractivity contribution in [2.75, 3.05) is 37.5 Å². The van der Waals surface area contributed by atoms with Gasteiger partial charge in [0, 0.05) is 30.9 Å². The molecule has 2 unspecified atom stereocenters. The zero-order chi connectivity index (χ0) is 16.0. The van der Waals surface area contributed by atoms with Gasteiger partial charge in [0.05, 0.1) is 6.54 Å². The Labute approximate surface area is 128 Å². The van der Waals surface area contributed by atoms with Crippen LogP contribution in [0.4, 0.5) is 4.79 Å². The number of methoxy groups -OCH3 is 1. The van der Waals surface area contributed by atoms with Crippen molar-refractivity contribution in [1.82, 2.24) is 10.2 Å². The van der Waals surface area contributed by atoms with Crippen LogP contribution in [0.5, 0.6) is 0 Å². The molecule has 1 aliphatic heterocycles. The molecular formula is C11H20N2O6S2. The molecule has 10 heteroatoms. The van der Waals surface area contributed by atoms with Gasteiger partial charge >= 0.3 is 12.0 Å². The van der Waals surface area contributed by atoms with E-state index in [0.29, 0.717) is 18.1 Å². The zero-order valence-electron chi connectivity index (χ0n) is 11.9. The number of sulfone groups is 1. The summed E-state index contributed by atoms with van der Waals surface area (Å²) in [7, 11) is -2.15. The number of carboxylic acid groups (broad SMARTS) is 1. The number of rotatable bonds is 6. The Balaban J connectivity index is 2.72. The van der Waals surface area contributed by atoms with Crippen LogP contribution in [-0.4, -0.2) is 79.4 Å². The minimum Gasteiger partial charge on any atom is -0.479 e. The molecule has 1 saturated heterocycles. The van der Waals surface area contributed by atoms with E-state index in [0.717, 1.165) is 0 Å². The SMILES string of the molecule is CCS(=O)(=O)C1CSCCN1C(=O)NCC(OC)C(=O)O. The molecule has 0 aliphatic carbocycles. The van der Waals surface area contributed by atoms with Crippen molar-refractivity contribution in [2.24, 2.45) is 0 Å². The summed E-state index contributed by atoms with van der Waals surface area (Å²) in [6, 6.07) is -0.583. The van der Waals surface area contributed by atoms with E-state index in [2.05, 4.69) is 5.32 Å². The molecule has 0 spiro atoms. The molecule has 0 aromatic carbocycles. The number of carbonyl (C=O) groups is 2. The molecule has 2 amide bonds. The summed E-state index contributed by atoms with van der Waals surface area (Å²) in [5.74, 6) is -0.256. The number of amides is 2. The first-order valence-electron chi connectivity index (χ1n) is 6.42. The monoisotopic (exact) mass is 340 g/mol. The Morgan fingerprint density at radius 2 is 2.19 bits per heavy atom. The van der Waals surface area contributed by atoms with Crippen LogP contribution in [0.3, 0.4) is 0 Å². The predicted molar refractivity (Wildman–Crippen MR) is 79.1 cm³/mol. The van der Waals surface area contributed by atoms with Crippen molar-refractivity contribution in [3.63, 3.8) is 0 Å². The van der Waals surface area contributed by atoms with Crippen LogP contribution < -0.4 is 5.32 Å². The summed E-state index contributed by atoms with van der Waals surface area (Å²) >= 11 is 1.48. The number of hydrogen-bond donors (Lipinski definition) is 2. The minimum atomic E-state index is -3.38. The molecule has 1 aliphatic rings. The Morgan fingerprint density at radius 3 is 2.71 bits per heavy atom. The van der Waals surface area contributed by atoms with Gasteiger partial charge in [-0.3, -0.25) is 0 Å². The van der Waals surface area contributed by atoms with Crippen LogP contribution in [-0.2, 0) is 19.4 Å². The van der Waals surface area contributed by atoms with Crippen LogP contribution in [0.15, 0.2) is 0 Å². The van der Waals surface area contributed by atoms with E-state index in [1.807, 2.05) is 0 Å². The third-order valence-electron chi connectivity index (χ3n) is 3.16. The molecule has 8 nitrogen and oxygen atoms in total. The molecular weight excluding hydrogens is 320 g/mol. The summed E-state index contributed by atoms with van der Waals surface area (Å²) in [5.41, 5.74) is 0. The normalized spacial score (nSPS) is 20.9. The number of carboxylic acids is 1. The number of carbonyl (C=O) groups excluding carboxylic acids is 1. The van der Waals surface area contributed by atoms with Gasteiger partial charge < -0.3 is 20.1 Å². The molecule has 1 rings (SSSR count). The molecule has 0 aromatic rings. The maximum Gasteiger partial charge on any atom is 0.334 e. The number of nitrogens with zero attached hydrogens (tertiary/aromatic N) is 1. The molecule has 1 fully saturated rings. The molecule has 1 heterocycles. The first kappa shape index (κ1) is 18.1. The molecule has 0 saturated carbocycles. The average Bonchev–Trinajstić information content (AvgIpc) is 2.47. The van der Waals surface area contributed by atoms with Gasteiger partial charge in [-0.05, 0) is 0 Å². The Kier molecular flexibility index (Phi) is 6.75. The second-order valence-electron chi connectivity index (χ2n) is 4.42. The molecule has 122 valence electrons. The number of aliphatic carboxylic acids is 1. The fourth-order valence-corrected chi connectivity index (χ4v) is 4.82. The lowest BCUT2D eigenvalue weighted by atomic mass is 10.3. The largest absolute Gasteiger partial charge is 0.479 e. The van der Waals surface area contributed by atoms with E-state index in [1.165, 1.54) is 30.7 Å². The van der Waals surface area contributed by atoms with Gasteiger partial charge in [0.25, 0.3) is 0 Å². The number of ether oxygens (including phenoxy) is 1. The molecule has 0 bridgehead atoms. The lowest BCUT2D eigenvalue weighted by Crippen LogP contribution is -2.55. The van der Waals surface area contributed by atoms with Crippen molar-refractivity contribution in [2.45, 2.75) is 18.4 Å². The van der Waals surface area contributed by atoms with Gasteiger partial charge in [0.15, 0.2) is 15.9 Å². The lowest BCUT2D eigenvalue weighted by Gasteiger charge is -2.34. The van der Waals surface area contributed by atoms with Crippen LogP contribution in [0.1, 0.15) is 6.92 Å². The summed E-state index contributed by atoms with van der Waals surface area (Å²) in [6.07, 6.45) is -1.16. The van der Waals surface area contributed by atoms with E-state index in [1.54, 1.807) is 0 Å². The smallest absolute Gasteiger partial charge is 0.334 e. The molecule has 0 radical (unpaired) electrons. The molecule has 0 aromatic heterocycles. The van der Waals surface area contributed by atoms with Crippen molar-refractivity contribution in [3.05, 3.63) is 0 Å². The van der Waals surface area contributed by atoms with Crippen molar-refractivity contribution in [1.29, 1.82) is 0 Å². The second-order valence-corrected chi connectivity index (χ2v) is 8.02. The minimum absolute atomic E-state index is 0.0438. The van der Waals surface area contributed by atoms with E-state index >= 15 is 0 Å². The fourth-order valence-electron chi connectivity index (χ4n) is 1.86. The molecule has 2 N–H and O–H groups in total. The third-order valence-corrected chi connectivity index (χ3v) is 6.45. The number of hydrogen-bond acceptors (Lipinski definition) is 6. The first-order chi connectivity index (χ1) is 9.83. The van der Waals surface area contributed by atoms with Crippen molar-refractivity contribution < 1.29 is 27.9 Å². The van der Waals surface area contributed by atoms with Gasteiger partial charge in [-0.2, -0.15) is 11.8 Å². The standard InChI is InChI=1S/C11H20N2O6S2/c1-3-21(17,18)9-7-20-5-4-13(9)11(16)12-6-8(19-2)10(14)15/h8-9H,3-7H2,1-2H3,(H,12,16)(H,14,15). The summed E-state index contributed by atoms with van der Waals surface area (Å²) in [5, 5.41) is 10.4. The van der Waals surface area contributed by atoms with Gasteiger partial charge in [0.1, 0.15) is 5.37 Å². The number of thioether (sulfide) groups is 1. The maximum absolute atomic E-state index is 12.1. The highest BCUT2D eigenvalue weighted by Crippen LogP contribution is 2.21. The van der Waals surface area contributed by atoms with Crippen LogP contribution in [0.2, 0.25) is 0 Å².